The Morgan fingerprint density at radius 3 is 2.29 bits per heavy atom. The van der Waals surface area contributed by atoms with E-state index >= 15 is 0 Å². The normalized spacial score (nSPS) is 12.7. The summed E-state index contributed by atoms with van der Waals surface area (Å²) in [5, 5.41) is 1.89. The lowest BCUT2D eigenvalue weighted by atomic mass is 10.1. The van der Waals surface area contributed by atoms with Crippen molar-refractivity contribution < 1.29 is 31.2 Å². The second-order valence-corrected chi connectivity index (χ2v) is 10.2. The number of amides is 2. The molecule has 0 fully saturated rings. The van der Waals surface area contributed by atoms with Crippen LogP contribution in [-0.2, 0) is 32.3 Å². The molecule has 192 valence electrons. The summed E-state index contributed by atoms with van der Waals surface area (Å²) < 4.78 is 65.8. The topological polar surface area (TPSA) is 86.8 Å². The first-order valence-corrected chi connectivity index (χ1v) is 12.8. The SMILES string of the molecule is CC[C@H](C(=O)NC)N(Cc1ccccc1C)C(=O)CN(c1ccc(Cl)c(C(F)(F)F)c1)S(C)(=O)=O. The summed E-state index contributed by atoms with van der Waals surface area (Å²) in [6.07, 6.45) is -3.82. The number of nitrogens with zero attached hydrogens (tertiary/aromatic N) is 2. The van der Waals surface area contributed by atoms with E-state index in [0.717, 1.165) is 29.5 Å². The molecule has 0 aliphatic carbocycles. The maximum atomic E-state index is 13.5. The summed E-state index contributed by atoms with van der Waals surface area (Å²) >= 11 is 5.66. The molecule has 0 spiro atoms. The molecule has 12 heteroatoms. The van der Waals surface area contributed by atoms with Crippen LogP contribution in [0.25, 0.3) is 0 Å². The predicted octanol–water partition coefficient (Wildman–Crippen LogP) is 3.99. The molecule has 0 unspecified atom stereocenters. The number of anilines is 1. The summed E-state index contributed by atoms with van der Waals surface area (Å²) in [4.78, 5) is 27.2. The van der Waals surface area contributed by atoms with Gasteiger partial charge in [-0.05, 0) is 42.7 Å². The maximum absolute atomic E-state index is 13.5. The van der Waals surface area contributed by atoms with E-state index < -0.39 is 51.2 Å². The first-order chi connectivity index (χ1) is 16.2. The van der Waals surface area contributed by atoms with Gasteiger partial charge in [-0.15, -0.1) is 0 Å². The van der Waals surface area contributed by atoms with Gasteiger partial charge in [0.05, 0.1) is 22.5 Å². The van der Waals surface area contributed by atoms with E-state index in [1.54, 1.807) is 19.1 Å². The number of carbonyl (C=O) groups is 2. The standard InChI is InChI=1S/C23H27ClF3N3O4S/c1-5-20(22(32)28-3)29(13-16-9-7-6-8-15(16)2)21(31)14-30(35(4,33)34)17-10-11-19(24)18(12-17)23(25,26)27/h6-12,20H,5,13-14H2,1-4H3,(H,28,32)/t20-/m1/s1. The maximum Gasteiger partial charge on any atom is 0.417 e. The van der Waals surface area contributed by atoms with E-state index in [9.17, 15) is 31.2 Å². The fraction of sp³-hybridized carbons (Fsp3) is 0.391. The van der Waals surface area contributed by atoms with Crippen molar-refractivity contribution in [2.75, 3.05) is 24.2 Å². The predicted molar refractivity (Wildman–Crippen MR) is 129 cm³/mol. The highest BCUT2D eigenvalue weighted by Gasteiger charge is 2.36. The number of likely N-dealkylation sites (N-methyl/N-ethyl adjacent to an activating group) is 1. The number of carbonyl (C=O) groups excluding carboxylic acids is 2. The van der Waals surface area contributed by atoms with E-state index in [0.29, 0.717) is 10.4 Å². The third-order valence-electron chi connectivity index (χ3n) is 5.46. The van der Waals surface area contributed by atoms with Gasteiger partial charge in [-0.1, -0.05) is 42.8 Å². The van der Waals surface area contributed by atoms with Crippen LogP contribution in [0.1, 0.15) is 30.0 Å². The molecule has 2 aromatic rings. The Morgan fingerprint density at radius 2 is 1.77 bits per heavy atom. The fourth-order valence-electron chi connectivity index (χ4n) is 3.56. The molecule has 0 aliphatic heterocycles. The van der Waals surface area contributed by atoms with Gasteiger partial charge in [0.1, 0.15) is 12.6 Å². The molecular formula is C23H27ClF3N3O4S. The van der Waals surface area contributed by atoms with Crippen LogP contribution in [0.15, 0.2) is 42.5 Å². The lowest BCUT2D eigenvalue weighted by molar-refractivity contribution is -0.140. The zero-order valence-electron chi connectivity index (χ0n) is 19.7. The number of halogens is 4. The Hall–Kier alpha value is -2.79. The molecule has 0 aliphatic rings. The van der Waals surface area contributed by atoms with Crippen molar-refractivity contribution in [2.24, 2.45) is 0 Å². The summed E-state index contributed by atoms with van der Waals surface area (Å²) in [7, 11) is -2.77. The van der Waals surface area contributed by atoms with Crippen molar-refractivity contribution in [1.82, 2.24) is 10.2 Å². The van der Waals surface area contributed by atoms with Gasteiger partial charge in [0.2, 0.25) is 21.8 Å². The lowest BCUT2D eigenvalue weighted by Gasteiger charge is -2.33. The highest BCUT2D eigenvalue weighted by molar-refractivity contribution is 7.92. The molecule has 2 rings (SSSR count). The summed E-state index contributed by atoms with van der Waals surface area (Å²) in [6.45, 7) is 2.72. The van der Waals surface area contributed by atoms with Gasteiger partial charge >= 0.3 is 6.18 Å². The second kappa shape index (κ2) is 11.3. The van der Waals surface area contributed by atoms with Crippen molar-refractivity contribution >= 4 is 39.1 Å². The highest BCUT2D eigenvalue weighted by Crippen LogP contribution is 2.37. The summed E-state index contributed by atoms with van der Waals surface area (Å²) in [5.74, 6) is -1.20. The number of sulfonamides is 1. The van der Waals surface area contributed by atoms with Crippen LogP contribution >= 0.6 is 11.6 Å². The van der Waals surface area contributed by atoms with Crippen LogP contribution in [0.5, 0.6) is 0 Å². The van der Waals surface area contributed by atoms with Crippen molar-refractivity contribution in [2.45, 2.75) is 39.0 Å². The third-order valence-corrected chi connectivity index (χ3v) is 6.93. The average Bonchev–Trinajstić information content (AvgIpc) is 2.77. The molecule has 0 heterocycles. The van der Waals surface area contributed by atoms with Gasteiger partial charge in [-0.25, -0.2) is 8.42 Å². The van der Waals surface area contributed by atoms with Gasteiger partial charge in [-0.3, -0.25) is 13.9 Å². The largest absolute Gasteiger partial charge is 0.417 e. The van der Waals surface area contributed by atoms with Gasteiger partial charge in [0.25, 0.3) is 0 Å². The number of rotatable bonds is 9. The number of hydrogen-bond donors (Lipinski definition) is 1. The first kappa shape index (κ1) is 28.4. The Kier molecular flexibility index (Phi) is 9.18. The van der Waals surface area contributed by atoms with E-state index in [1.165, 1.54) is 11.9 Å². The smallest absolute Gasteiger partial charge is 0.357 e. The van der Waals surface area contributed by atoms with E-state index in [2.05, 4.69) is 5.32 Å². The van der Waals surface area contributed by atoms with Crippen molar-refractivity contribution in [3.63, 3.8) is 0 Å². The summed E-state index contributed by atoms with van der Waals surface area (Å²) in [6, 6.07) is 8.85. The van der Waals surface area contributed by atoms with E-state index in [1.807, 2.05) is 19.1 Å². The quantitative estimate of drug-likeness (QED) is 0.528. The molecule has 7 nitrogen and oxygen atoms in total. The molecule has 0 saturated heterocycles. The molecular weight excluding hydrogens is 507 g/mol. The molecule has 0 radical (unpaired) electrons. The Labute approximate surface area is 207 Å². The van der Waals surface area contributed by atoms with Gasteiger partial charge < -0.3 is 10.2 Å². The number of alkyl halides is 3. The minimum absolute atomic E-state index is 0.00343. The zero-order chi connectivity index (χ0) is 26.6. The van der Waals surface area contributed by atoms with Crippen LogP contribution in [-0.4, -0.2) is 51.0 Å². The molecule has 1 atom stereocenters. The van der Waals surface area contributed by atoms with Crippen LogP contribution in [0.3, 0.4) is 0 Å². The number of aryl methyl sites for hydroxylation is 1. The molecule has 0 aromatic heterocycles. The Balaban J connectivity index is 2.53. The minimum Gasteiger partial charge on any atom is -0.357 e. The Bertz CT molecular complexity index is 1190. The monoisotopic (exact) mass is 533 g/mol. The van der Waals surface area contributed by atoms with Crippen LogP contribution in [0.4, 0.5) is 18.9 Å². The van der Waals surface area contributed by atoms with Crippen LogP contribution < -0.4 is 9.62 Å². The molecule has 2 aromatic carbocycles. The second-order valence-electron chi connectivity index (χ2n) is 7.92. The van der Waals surface area contributed by atoms with Gasteiger partial charge in [-0.2, -0.15) is 13.2 Å². The fourth-order valence-corrected chi connectivity index (χ4v) is 4.62. The van der Waals surface area contributed by atoms with Gasteiger partial charge in [0, 0.05) is 13.6 Å². The van der Waals surface area contributed by atoms with E-state index in [4.69, 9.17) is 11.6 Å². The zero-order valence-corrected chi connectivity index (χ0v) is 21.3. The average molecular weight is 534 g/mol. The van der Waals surface area contributed by atoms with Crippen molar-refractivity contribution in [3.05, 3.63) is 64.2 Å². The van der Waals surface area contributed by atoms with Crippen molar-refractivity contribution in [3.8, 4) is 0 Å². The molecule has 35 heavy (non-hydrogen) atoms. The third kappa shape index (κ3) is 7.11. The minimum atomic E-state index is -4.83. The molecule has 1 N–H and O–H groups in total. The number of nitrogens with one attached hydrogen (secondary N) is 1. The molecule has 0 saturated carbocycles. The molecule has 0 bridgehead atoms. The summed E-state index contributed by atoms with van der Waals surface area (Å²) in [5.41, 5.74) is -0.0164. The van der Waals surface area contributed by atoms with Gasteiger partial charge in [0.15, 0.2) is 0 Å². The Morgan fingerprint density at radius 1 is 1.14 bits per heavy atom. The number of benzene rings is 2. The highest BCUT2D eigenvalue weighted by atomic mass is 35.5. The number of hydrogen-bond acceptors (Lipinski definition) is 4. The lowest BCUT2D eigenvalue weighted by Crippen LogP contribution is -2.51. The van der Waals surface area contributed by atoms with Crippen LogP contribution in [0.2, 0.25) is 5.02 Å². The van der Waals surface area contributed by atoms with E-state index in [-0.39, 0.29) is 18.7 Å². The van der Waals surface area contributed by atoms with Crippen molar-refractivity contribution in [1.29, 1.82) is 0 Å². The van der Waals surface area contributed by atoms with Crippen LogP contribution in [0, 0.1) is 6.92 Å². The molecule has 2 amide bonds. The first-order valence-electron chi connectivity index (χ1n) is 10.6.